The van der Waals surface area contributed by atoms with Crippen LogP contribution in [0.4, 0.5) is 0 Å². The first-order valence-corrected chi connectivity index (χ1v) is 9.63. The van der Waals surface area contributed by atoms with Gasteiger partial charge in [-0.25, -0.2) is 0 Å². The second-order valence-corrected chi connectivity index (χ2v) is 9.36. The summed E-state index contributed by atoms with van der Waals surface area (Å²) in [7, 11) is 0. The smallest absolute Gasteiger partial charge is 0.133 e. The third-order valence-electron chi connectivity index (χ3n) is 8.84. The fourth-order valence-electron chi connectivity index (χ4n) is 7.47. The number of hydrogen-bond donors (Lipinski definition) is 0. The molecule has 0 amide bonds. The van der Waals surface area contributed by atoms with E-state index >= 15 is 0 Å². The molecule has 0 aromatic rings. The molecule has 0 aromatic heterocycles. The largest absolute Gasteiger partial charge is 0.300 e. The van der Waals surface area contributed by atoms with E-state index in [-0.39, 0.29) is 0 Å². The molecule has 122 valence electrons. The summed E-state index contributed by atoms with van der Waals surface area (Å²) in [5.41, 5.74) is 0.987. The van der Waals surface area contributed by atoms with Crippen LogP contribution in [-0.2, 0) is 4.79 Å². The maximum Gasteiger partial charge on any atom is 0.133 e. The number of carbonyl (C=O) groups excluding carboxylic acids is 1. The molecule has 0 saturated heterocycles. The highest BCUT2D eigenvalue weighted by molar-refractivity contribution is 5.79. The van der Waals surface area contributed by atoms with E-state index in [4.69, 9.17) is 0 Å². The Morgan fingerprint density at radius 1 is 1.00 bits per heavy atom. The quantitative estimate of drug-likeness (QED) is 0.592. The van der Waals surface area contributed by atoms with Crippen LogP contribution in [0.2, 0.25) is 0 Å². The van der Waals surface area contributed by atoms with E-state index in [2.05, 4.69) is 26.5 Å². The molecule has 0 aromatic carbocycles. The molecule has 4 fully saturated rings. The van der Waals surface area contributed by atoms with Crippen molar-refractivity contribution in [2.24, 2.45) is 40.4 Å². The lowest BCUT2D eigenvalue weighted by atomic mass is 9.45. The molecule has 0 bridgehead atoms. The Bertz CT molecular complexity index is 494. The van der Waals surface area contributed by atoms with Gasteiger partial charge in [-0.2, -0.15) is 0 Å². The molecule has 7 atom stereocenters. The topological polar surface area (TPSA) is 17.1 Å². The van der Waals surface area contributed by atoms with Crippen molar-refractivity contribution in [1.82, 2.24) is 0 Å². The van der Waals surface area contributed by atoms with Gasteiger partial charge < -0.3 is 0 Å². The van der Waals surface area contributed by atoms with Crippen molar-refractivity contribution in [3.63, 3.8) is 0 Å². The first-order chi connectivity index (χ1) is 10.5. The Hall–Kier alpha value is -0.590. The second-order valence-electron chi connectivity index (χ2n) is 9.36. The van der Waals surface area contributed by atoms with Gasteiger partial charge in [-0.3, -0.25) is 4.79 Å². The van der Waals surface area contributed by atoms with Gasteiger partial charge in [-0.15, -0.1) is 6.58 Å². The summed E-state index contributed by atoms with van der Waals surface area (Å²) in [6, 6.07) is 0. The summed E-state index contributed by atoms with van der Waals surface area (Å²) in [6.07, 6.45) is 13.5. The molecule has 1 heteroatoms. The number of allylic oxidation sites excluding steroid dienone is 1. The molecule has 0 spiro atoms. The monoisotopic (exact) mass is 300 g/mol. The molecule has 4 aliphatic rings. The summed E-state index contributed by atoms with van der Waals surface area (Å²) in [4.78, 5) is 11.9. The first-order valence-electron chi connectivity index (χ1n) is 9.63. The fraction of sp³-hybridized carbons (Fsp3) is 0.857. The Morgan fingerprint density at radius 2 is 1.77 bits per heavy atom. The number of fused-ring (bicyclic) bond motifs is 5. The zero-order valence-corrected chi connectivity index (χ0v) is 14.4. The summed E-state index contributed by atoms with van der Waals surface area (Å²) in [5, 5.41) is 0. The molecule has 0 aliphatic heterocycles. The second kappa shape index (κ2) is 4.95. The molecule has 0 radical (unpaired) electrons. The summed E-state index contributed by atoms with van der Waals surface area (Å²) >= 11 is 0. The van der Waals surface area contributed by atoms with Crippen molar-refractivity contribution < 1.29 is 4.79 Å². The lowest BCUT2D eigenvalue weighted by molar-refractivity contribution is -0.138. The van der Waals surface area contributed by atoms with Crippen molar-refractivity contribution >= 4 is 5.78 Å². The lowest BCUT2D eigenvalue weighted by Crippen LogP contribution is -2.53. The number of hydrogen-bond acceptors (Lipinski definition) is 1. The minimum absolute atomic E-state index is 0.463. The molecule has 3 unspecified atom stereocenters. The van der Waals surface area contributed by atoms with Gasteiger partial charge >= 0.3 is 0 Å². The maximum atomic E-state index is 11.9. The highest BCUT2D eigenvalue weighted by Crippen LogP contribution is 2.67. The maximum absolute atomic E-state index is 11.9. The average molecular weight is 300 g/mol. The van der Waals surface area contributed by atoms with Crippen LogP contribution in [0.25, 0.3) is 0 Å². The first kappa shape index (κ1) is 15.0. The van der Waals surface area contributed by atoms with E-state index in [1.807, 2.05) is 0 Å². The SMILES string of the molecule is C=C[C@H]1CCC2C3CC[C@H]4CC(=O)CC[C@]4(C)C3CC[C@@]21C. The van der Waals surface area contributed by atoms with Crippen molar-refractivity contribution in [1.29, 1.82) is 0 Å². The molecular weight excluding hydrogens is 268 g/mol. The summed E-state index contributed by atoms with van der Waals surface area (Å²) < 4.78 is 0. The summed E-state index contributed by atoms with van der Waals surface area (Å²) in [5.74, 6) is 4.71. The van der Waals surface area contributed by atoms with Crippen LogP contribution >= 0.6 is 0 Å². The standard InChI is InChI=1S/C21H32O/c1-4-14-6-8-18-17-7-5-15-13-16(22)9-11-21(15,3)19(17)10-12-20(14,18)2/h4,14-15,17-19H,1,5-13H2,2-3H3/t14-,15-,17?,18?,19?,20+,21-/m0/s1. The van der Waals surface area contributed by atoms with Crippen molar-refractivity contribution in [3.05, 3.63) is 12.7 Å². The van der Waals surface area contributed by atoms with Gasteiger partial charge in [-0.1, -0.05) is 19.9 Å². The van der Waals surface area contributed by atoms with Crippen molar-refractivity contribution in [2.45, 2.75) is 71.6 Å². The van der Waals surface area contributed by atoms with E-state index in [9.17, 15) is 4.79 Å². The molecule has 4 saturated carbocycles. The Balaban J connectivity index is 1.63. The average Bonchev–Trinajstić information content (AvgIpc) is 2.84. The van der Waals surface area contributed by atoms with Crippen LogP contribution in [0.15, 0.2) is 12.7 Å². The van der Waals surface area contributed by atoms with Crippen molar-refractivity contribution in [2.75, 3.05) is 0 Å². The van der Waals surface area contributed by atoms with E-state index in [1.54, 1.807) is 0 Å². The zero-order chi connectivity index (χ0) is 15.5. The molecule has 22 heavy (non-hydrogen) atoms. The van der Waals surface area contributed by atoms with Crippen LogP contribution in [0.5, 0.6) is 0 Å². The zero-order valence-electron chi connectivity index (χ0n) is 14.4. The van der Waals surface area contributed by atoms with Gasteiger partial charge in [0, 0.05) is 12.8 Å². The molecular formula is C21H32O. The van der Waals surface area contributed by atoms with Crippen LogP contribution < -0.4 is 0 Å². The van der Waals surface area contributed by atoms with Gasteiger partial charge in [0.1, 0.15) is 5.78 Å². The van der Waals surface area contributed by atoms with E-state index < -0.39 is 0 Å². The number of rotatable bonds is 1. The number of Topliss-reactive ketones (excluding diaryl/α,β-unsaturated/α-hetero) is 1. The highest BCUT2D eigenvalue weighted by Gasteiger charge is 2.59. The van der Waals surface area contributed by atoms with Gasteiger partial charge in [0.25, 0.3) is 0 Å². The third kappa shape index (κ3) is 1.86. The van der Waals surface area contributed by atoms with Gasteiger partial charge in [0.2, 0.25) is 0 Å². The molecule has 4 rings (SSSR count). The van der Waals surface area contributed by atoms with E-state index in [1.165, 1.54) is 44.9 Å². The molecule has 4 aliphatic carbocycles. The Morgan fingerprint density at radius 3 is 2.55 bits per heavy atom. The van der Waals surface area contributed by atoms with E-state index in [0.717, 1.165) is 36.5 Å². The van der Waals surface area contributed by atoms with E-state index in [0.29, 0.717) is 22.5 Å². The molecule has 0 heterocycles. The molecule has 0 N–H and O–H groups in total. The third-order valence-corrected chi connectivity index (χ3v) is 8.84. The minimum atomic E-state index is 0.463. The van der Waals surface area contributed by atoms with Gasteiger partial charge in [-0.05, 0) is 85.4 Å². The van der Waals surface area contributed by atoms with Gasteiger partial charge in [0.15, 0.2) is 0 Å². The fourth-order valence-corrected chi connectivity index (χ4v) is 7.47. The van der Waals surface area contributed by atoms with Crippen LogP contribution in [0, 0.1) is 40.4 Å². The van der Waals surface area contributed by atoms with Crippen LogP contribution in [0.1, 0.15) is 71.6 Å². The lowest BCUT2D eigenvalue weighted by Gasteiger charge is -2.60. The predicted molar refractivity (Wildman–Crippen MR) is 90.4 cm³/mol. The predicted octanol–water partition coefficient (Wildman–Crippen LogP) is 5.40. The van der Waals surface area contributed by atoms with Crippen molar-refractivity contribution in [3.8, 4) is 0 Å². The van der Waals surface area contributed by atoms with Crippen LogP contribution in [-0.4, -0.2) is 5.78 Å². The number of carbonyl (C=O) groups is 1. The normalized spacial score (nSPS) is 54.3. The Labute approximate surface area is 135 Å². The number of ketones is 1. The Kier molecular flexibility index (Phi) is 3.37. The summed E-state index contributed by atoms with van der Waals surface area (Å²) in [6.45, 7) is 9.24. The van der Waals surface area contributed by atoms with Crippen LogP contribution in [0.3, 0.4) is 0 Å². The highest BCUT2D eigenvalue weighted by atomic mass is 16.1. The van der Waals surface area contributed by atoms with Gasteiger partial charge in [0.05, 0.1) is 0 Å². The minimum Gasteiger partial charge on any atom is -0.300 e. The molecule has 1 nitrogen and oxygen atoms in total.